The van der Waals surface area contributed by atoms with Crippen LogP contribution in [0.25, 0.3) is 0 Å². The van der Waals surface area contributed by atoms with E-state index in [4.69, 9.17) is 5.73 Å². The Kier molecular flexibility index (Phi) is 3.31. The number of hydrogen-bond donors (Lipinski definition) is 1. The normalized spacial score (nSPS) is 19.9. The maximum atomic E-state index is 12.4. The molecule has 1 aliphatic heterocycles. The van der Waals surface area contributed by atoms with Gasteiger partial charge in [-0.2, -0.15) is 0 Å². The second-order valence-corrected chi connectivity index (χ2v) is 4.89. The summed E-state index contributed by atoms with van der Waals surface area (Å²) >= 11 is 0. The predicted molar refractivity (Wildman–Crippen MR) is 67.5 cm³/mol. The number of nitrogens with two attached hydrogens (primary N) is 1. The Balaban J connectivity index is 2.23. The van der Waals surface area contributed by atoms with E-state index < -0.39 is 0 Å². The summed E-state index contributed by atoms with van der Waals surface area (Å²) in [7, 11) is 0. The van der Waals surface area contributed by atoms with Gasteiger partial charge in [-0.15, -0.1) is 0 Å². The second kappa shape index (κ2) is 4.73. The first-order valence-corrected chi connectivity index (χ1v) is 6.12. The van der Waals surface area contributed by atoms with Gasteiger partial charge in [0.05, 0.1) is 5.69 Å². The fourth-order valence-electron chi connectivity index (χ4n) is 2.47. The molecule has 0 aliphatic carbocycles. The summed E-state index contributed by atoms with van der Waals surface area (Å²) in [6.07, 6.45) is 3.77. The molecule has 1 unspecified atom stereocenters. The minimum absolute atomic E-state index is 0.0284. The number of pyridine rings is 1. The Bertz CT molecular complexity index is 417. The number of hydrogen-bond acceptors (Lipinski definition) is 3. The van der Waals surface area contributed by atoms with E-state index in [1.54, 1.807) is 18.3 Å². The van der Waals surface area contributed by atoms with Gasteiger partial charge in [-0.25, -0.2) is 4.98 Å². The first-order valence-electron chi connectivity index (χ1n) is 6.12. The number of aromatic nitrogens is 1. The van der Waals surface area contributed by atoms with Crippen molar-refractivity contribution in [3.8, 4) is 0 Å². The maximum absolute atomic E-state index is 12.4. The van der Waals surface area contributed by atoms with E-state index in [0.29, 0.717) is 23.3 Å². The highest BCUT2D eigenvalue weighted by molar-refractivity contribution is 5.97. The van der Waals surface area contributed by atoms with Crippen LogP contribution < -0.4 is 5.73 Å². The zero-order chi connectivity index (χ0) is 12.4. The van der Waals surface area contributed by atoms with Crippen LogP contribution in [0, 0.1) is 5.92 Å². The molecule has 1 fully saturated rings. The van der Waals surface area contributed by atoms with Gasteiger partial charge in [0, 0.05) is 18.8 Å². The first kappa shape index (κ1) is 11.9. The Hall–Kier alpha value is -1.58. The summed E-state index contributed by atoms with van der Waals surface area (Å²) in [5, 5.41) is 0. The summed E-state index contributed by atoms with van der Waals surface area (Å²) in [6, 6.07) is 3.79. The van der Waals surface area contributed by atoms with Gasteiger partial charge < -0.3 is 10.6 Å². The van der Waals surface area contributed by atoms with Gasteiger partial charge in [-0.1, -0.05) is 13.8 Å². The van der Waals surface area contributed by atoms with Gasteiger partial charge in [0.25, 0.3) is 5.91 Å². The molecular weight excluding hydrogens is 214 g/mol. The molecule has 92 valence electrons. The molecular formula is C13H19N3O. The standard InChI is InChI=1S/C13H19N3O/c1-9(2)11-6-4-8-16(11)13(17)12-10(14)5-3-7-15-12/h3,5,7,9,11H,4,6,8,14H2,1-2H3. The number of likely N-dealkylation sites (tertiary alicyclic amines) is 1. The summed E-state index contributed by atoms with van der Waals surface area (Å²) in [6.45, 7) is 5.12. The van der Waals surface area contributed by atoms with Crippen LogP contribution in [0.2, 0.25) is 0 Å². The molecule has 0 saturated carbocycles. The lowest BCUT2D eigenvalue weighted by Crippen LogP contribution is -2.39. The number of nitrogens with zero attached hydrogens (tertiary/aromatic N) is 2. The lowest BCUT2D eigenvalue weighted by molar-refractivity contribution is 0.0697. The number of carbonyl (C=O) groups excluding carboxylic acids is 1. The quantitative estimate of drug-likeness (QED) is 0.849. The van der Waals surface area contributed by atoms with E-state index in [1.807, 2.05) is 4.90 Å². The number of nitrogen functional groups attached to an aromatic ring is 1. The summed E-state index contributed by atoms with van der Waals surface area (Å²) in [5.74, 6) is 0.450. The lowest BCUT2D eigenvalue weighted by atomic mass is 10.0. The van der Waals surface area contributed by atoms with Crippen molar-refractivity contribution >= 4 is 11.6 Å². The van der Waals surface area contributed by atoms with Crippen LogP contribution in [-0.2, 0) is 0 Å². The molecule has 1 aromatic heterocycles. The number of amides is 1. The molecule has 0 bridgehead atoms. The Morgan fingerprint density at radius 3 is 3.00 bits per heavy atom. The van der Waals surface area contributed by atoms with Gasteiger partial charge in [-0.3, -0.25) is 4.79 Å². The number of carbonyl (C=O) groups is 1. The summed E-state index contributed by atoms with van der Waals surface area (Å²) < 4.78 is 0. The van der Waals surface area contributed by atoms with Gasteiger partial charge in [0.1, 0.15) is 0 Å². The second-order valence-electron chi connectivity index (χ2n) is 4.89. The average Bonchev–Trinajstić information content (AvgIpc) is 2.77. The molecule has 0 aromatic carbocycles. The van der Waals surface area contributed by atoms with Crippen molar-refractivity contribution in [1.82, 2.24) is 9.88 Å². The number of rotatable bonds is 2. The first-order chi connectivity index (χ1) is 8.11. The van der Waals surface area contributed by atoms with Gasteiger partial charge in [0.15, 0.2) is 5.69 Å². The topological polar surface area (TPSA) is 59.2 Å². The summed E-state index contributed by atoms with van der Waals surface area (Å²) in [5.41, 5.74) is 6.65. The van der Waals surface area contributed by atoms with Crippen molar-refractivity contribution in [2.24, 2.45) is 5.92 Å². The Morgan fingerprint density at radius 1 is 1.59 bits per heavy atom. The van der Waals surface area contributed by atoms with Crippen molar-refractivity contribution in [2.45, 2.75) is 32.7 Å². The molecule has 1 saturated heterocycles. The molecule has 4 heteroatoms. The average molecular weight is 233 g/mol. The molecule has 2 heterocycles. The molecule has 0 radical (unpaired) electrons. The fourth-order valence-corrected chi connectivity index (χ4v) is 2.47. The fraction of sp³-hybridized carbons (Fsp3) is 0.538. The molecule has 1 amide bonds. The van der Waals surface area contributed by atoms with Crippen LogP contribution in [0.4, 0.5) is 5.69 Å². The van der Waals surface area contributed by atoms with E-state index >= 15 is 0 Å². The Morgan fingerprint density at radius 2 is 2.35 bits per heavy atom. The smallest absolute Gasteiger partial charge is 0.274 e. The van der Waals surface area contributed by atoms with Crippen LogP contribution in [-0.4, -0.2) is 28.4 Å². The molecule has 0 spiro atoms. The molecule has 17 heavy (non-hydrogen) atoms. The van der Waals surface area contributed by atoms with Gasteiger partial charge in [-0.05, 0) is 30.9 Å². The highest BCUT2D eigenvalue weighted by Crippen LogP contribution is 2.26. The zero-order valence-corrected chi connectivity index (χ0v) is 10.4. The van der Waals surface area contributed by atoms with Crippen molar-refractivity contribution < 1.29 is 4.79 Å². The molecule has 2 N–H and O–H groups in total. The highest BCUT2D eigenvalue weighted by Gasteiger charge is 2.32. The maximum Gasteiger partial charge on any atom is 0.274 e. The van der Waals surface area contributed by atoms with Crippen LogP contribution in [0.5, 0.6) is 0 Å². The molecule has 1 aromatic rings. The van der Waals surface area contributed by atoms with E-state index in [1.165, 1.54) is 0 Å². The van der Waals surface area contributed by atoms with Gasteiger partial charge in [0.2, 0.25) is 0 Å². The third kappa shape index (κ3) is 2.25. The molecule has 1 atom stereocenters. The number of anilines is 1. The predicted octanol–water partition coefficient (Wildman–Crippen LogP) is 1.92. The van der Waals surface area contributed by atoms with Crippen LogP contribution in [0.3, 0.4) is 0 Å². The van der Waals surface area contributed by atoms with Crippen LogP contribution >= 0.6 is 0 Å². The minimum atomic E-state index is -0.0284. The summed E-state index contributed by atoms with van der Waals surface area (Å²) in [4.78, 5) is 18.4. The van der Waals surface area contributed by atoms with E-state index in [-0.39, 0.29) is 5.91 Å². The van der Waals surface area contributed by atoms with Crippen LogP contribution in [0.1, 0.15) is 37.2 Å². The van der Waals surface area contributed by atoms with Crippen molar-refractivity contribution in [2.75, 3.05) is 12.3 Å². The monoisotopic (exact) mass is 233 g/mol. The largest absolute Gasteiger partial charge is 0.397 e. The Labute approximate surface area is 102 Å². The van der Waals surface area contributed by atoms with E-state index in [2.05, 4.69) is 18.8 Å². The molecule has 1 aliphatic rings. The SMILES string of the molecule is CC(C)C1CCCN1C(=O)c1ncccc1N. The van der Waals surface area contributed by atoms with E-state index in [9.17, 15) is 4.79 Å². The minimum Gasteiger partial charge on any atom is -0.397 e. The van der Waals surface area contributed by atoms with Crippen molar-refractivity contribution in [3.05, 3.63) is 24.0 Å². The third-order valence-electron chi connectivity index (χ3n) is 3.37. The molecule has 4 nitrogen and oxygen atoms in total. The van der Waals surface area contributed by atoms with Gasteiger partial charge >= 0.3 is 0 Å². The zero-order valence-electron chi connectivity index (χ0n) is 10.4. The van der Waals surface area contributed by atoms with E-state index in [0.717, 1.165) is 19.4 Å². The van der Waals surface area contributed by atoms with Crippen LogP contribution in [0.15, 0.2) is 18.3 Å². The van der Waals surface area contributed by atoms with Crippen molar-refractivity contribution in [1.29, 1.82) is 0 Å². The van der Waals surface area contributed by atoms with Crippen molar-refractivity contribution in [3.63, 3.8) is 0 Å². The molecule has 2 rings (SSSR count). The highest BCUT2D eigenvalue weighted by atomic mass is 16.2. The third-order valence-corrected chi connectivity index (χ3v) is 3.37. The lowest BCUT2D eigenvalue weighted by Gasteiger charge is -2.27.